The zero-order chi connectivity index (χ0) is 59.9. The van der Waals surface area contributed by atoms with Crippen LogP contribution in [0.5, 0.6) is 0 Å². The largest absolute Gasteiger partial charge is 0.462 e. The third-order valence-electron chi connectivity index (χ3n) is 15.2. The Kier molecular flexibility index (Phi) is 67.2. The van der Waals surface area contributed by atoms with E-state index in [9.17, 15) is 14.4 Å². The SMILES string of the molecule is CC/C=C\C/C=C\C/C=C\C/C=C\C/C=C\CCCCCCCCCCCCCCCCCCCC(=O)OCC(COC(=O)CCCCCCC/C=C\CCCC)OC(=O)CCCCCCCC/C=C\C/C=C\C/C=C\CCCCCCC. The van der Waals surface area contributed by atoms with E-state index in [0.717, 1.165) is 122 Å². The van der Waals surface area contributed by atoms with Gasteiger partial charge in [-0.2, -0.15) is 0 Å². The molecule has 6 nitrogen and oxygen atoms in total. The van der Waals surface area contributed by atoms with Gasteiger partial charge in [-0.15, -0.1) is 0 Å². The van der Waals surface area contributed by atoms with Gasteiger partial charge in [0.1, 0.15) is 13.2 Å². The zero-order valence-electron chi connectivity index (χ0n) is 54.7. The second-order valence-corrected chi connectivity index (χ2v) is 23.4. The highest BCUT2D eigenvalue weighted by atomic mass is 16.6. The summed E-state index contributed by atoms with van der Waals surface area (Å²) in [6.07, 6.45) is 97.0. The summed E-state index contributed by atoms with van der Waals surface area (Å²) in [6.45, 7) is 6.49. The number of hydrogen-bond donors (Lipinski definition) is 0. The van der Waals surface area contributed by atoms with Crippen LogP contribution in [-0.4, -0.2) is 37.2 Å². The van der Waals surface area contributed by atoms with Crippen molar-refractivity contribution < 1.29 is 28.6 Å². The maximum atomic E-state index is 12.9. The van der Waals surface area contributed by atoms with Gasteiger partial charge in [-0.1, -0.05) is 310 Å². The number of rotatable bonds is 64. The summed E-state index contributed by atoms with van der Waals surface area (Å²) in [4.78, 5) is 38.3. The Bertz CT molecular complexity index is 1660. The molecule has 0 aliphatic carbocycles. The monoisotopic (exact) mass is 1150 g/mol. The fraction of sp³-hybridized carbons (Fsp3) is 0.727. The van der Waals surface area contributed by atoms with Crippen LogP contribution < -0.4 is 0 Å². The molecule has 0 spiro atoms. The highest BCUT2D eigenvalue weighted by Gasteiger charge is 2.19. The van der Waals surface area contributed by atoms with Crippen molar-refractivity contribution in [3.63, 3.8) is 0 Å². The molecule has 6 heteroatoms. The first-order chi connectivity index (χ1) is 41.0. The van der Waals surface area contributed by atoms with Crippen LogP contribution in [0.4, 0.5) is 0 Å². The molecule has 0 amide bonds. The number of carbonyl (C=O) groups excluding carboxylic acids is 3. The maximum absolute atomic E-state index is 12.9. The van der Waals surface area contributed by atoms with Gasteiger partial charge in [0.15, 0.2) is 6.10 Å². The van der Waals surface area contributed by atoms with Crippen LogP contribution in [0, 0.1) is 0 Å². The van der Waals surface area contributed by atoms with Crippen molar-refractivity contribution in [2.24, 2.45) is 0 Å². The maximum Gasteiger partial charge on any atom is 0.306 e. The van der Waals surface area contributed by atoms with E-state index in [-0.39, 0.29) is 31.1 Å². The third-order valence-corrected chi connectivity index (χ3v) is 15.2. The molecule has 0 aromatic rings. The van der Waals surface area contributed by atoms with Crippen molar-refractivity contribution in [1.29, 1.82) is 0 Å². The smallest absolute Gasteiger partial charge is 0.306 e. The van der Waals surface area contributed by atoms with Crippen molar-refractivity contribution in [1.82, 2.24) is 0 Å². The van der Waals surface area contributed by atoms with Gasteiger partial charge in [-0.05, 0) is 122 Å². The number of hydrogen-bond acceptors (Lipinski definition) is 6. The van der Waals surface area contributed by atoms with Crippen molar-refractivity contribution in [2.75, 3.05) is 13.2 Å². The van der Waals surface area contributed by atoms with Gasteiger partial charge in [0, 0.05) is 19.3 Å². The molecule has 0 aromatic heterocycles. The molecule has 476 valence electrons. The minimum absolute atomic E-state index is 0.0837. The minimum Gasteiger partial charge on any atom is -0.462 e. The van der Waals surface area contributed by atoms with E-state index in [1.165, 1.54) is 180 Å². The normalized spacial score (nSPS) is 12.8. The van der Waals surface area contributed by atoms with Crippen molar-refractivity contribution in [2.45, 2.75) is 348 Å². The fourth-order valence-corrected chi connectivity index (χ4v) is 9.93. The number of allylic oxidation sites excluding steroid dienone is 18. The van der Waals surface area contributed by atoms with Gasteiger partial charge in [0.25, 0.3) is 0 Å². The summed E-state index contributed by atoms with van der Waals surface area (Å²) in [7, 11) is 0. The Labute approximate surface area is 514 Å². The molecule has 83 heavy (non-hydrogen) atoms. The predicted octanol–water partition coefficient (Wildman–Crippen LogP) is 24.6. The van der Waals surface area contributed by atoms with Crippen LogP contribution in [-0.2, 0) is 28.6 Å². The highest BCUT2D eigenvalue weighted by Crippen LogP contribution is 2.17. The fourth-order valence-electron chi connectivity index (χ4n) is 9.93. The molecule has 0 aromatic carbocycles. The molecule has 1 unspecified atom stereocenters. The Hall–Kier alpha value is -3.93. The summed E-state index contributed by atoms with van der Waals surface area (Å²) in [5.74, 6) is -0.894. The lowest BCUT2D eigenvalue weighted by atomic mass is 10.0. The summed E-state index contributed by atoms with van der Waals surface area (Å²) in [5, 5.41) is 0. The van der Waals surface area contributed by atoms with E-state index in [4.69, 9.17) is 14.2 Å². The number of esters is 3. The molecule has 0 heterocycles. The van der Waals surface area contributed by atoms with Gasteiger partial charge >= 0.3 is 17.9 Å². The van der Waals surface area contributed by atoms with Crippen LogP contribution in [0.3, 0.4) is 0 Å². The summed E-state index contributed by atoms with van der Waals surface area (Å²) >= 11 is 0. The minimum atomic E-state index is -0.789. The van der Waals surface area contributed by atoms with Crippen molar-refractivity contribution in [3.8, 4) is 0 Å². The zero-order valence-corrected chi connectivity index (χ0v) is 54.7. The Morgan fingerprint density at radius 1 is 0.253 bits per heavy atom. The Morgan fingerprint density at radius 2 is 0.482 bits per heavy atom. The lowest BCUT2D eigenvalue weighted by Gasteiger charge is -2.18. The molecule has 0 saturated heterocycles. The van der Waals surface area contributed by atoms with Gasteiger partial charge in [-0.25, -0.2) is 0 Å². The van der Waals surface area contributed by atoms with Gasteiger partial charge in [0.2, 0.25) is 0 Å². The molecule has 0 bridgehead atoms. The van der Waals surface area contributed by atoms with E-state index >= 15 is 0 Å². The average molecular weight is 1150 g/mol. The van der Waals surface area contributed by atoms with Crippen LogP contribution in [0.15, 0.2) is 109 Å². The number of carbonyl (C=O) groups is 3. The van der Waals surface area contributed by atoms with E-state index < -0.39 is 6.10 Å². The van der Waals surface area contributed by atoms with Gasteiger partial charge in [0.05, 0.1) is 0 Å². The molecule has 0 aliphatic rings. The van der Waals surface area contributed by atoms with Crippen LogP contribution in [0.1, 0.15) is 342 Å². The van der Waals surface area contributed by atoms with E-state index in [0.29, 0.717) is 19.3 Å². The quantitative estimate of drug-likeness (QED) is 0.0261. The molecule has 1 atom stereocenters. The Morgan fingerprint density at radius 3 is 0.783 bits per heavy atom. The van der Waals surface area contributed by atoms with E-state index in [1.54, 1.807) is 0 Å². The Balaban J connectivity index is 4.18. The molecule has 0 radical (unpaired) electrons. The summed E-state index contributed by atoms with van der Waals surface area (Å²) in [6, 6.07) is 0. The number of unbranched alkanes of at least 4 members (excludes halogenated alkanes) is 35. The molecule has 0 N–H and O–H groups in total. The third kappa shape index (κ3) is 68.7. The molecule has 0 rings (SSSR count). The molecular formula is C77H132O6. The lowest BCUT2D eigenvalue weighted by molar-refractivity contribution is -0.167. The first-order valence-electron chi connectivity index (χ1n) is 35.4. The first kappa shape index (κ1) is 79.1. The average Bonchev–Trinajstić information content (AvgIpc) is 3.48. The van der Waals surface area contributed by atoms with Crippen molar-refractivity contribution >= 4 is 17.9 Å². The molecule has 0 fully saturated rings. The van der Waals surface area contributed by atoms with E-state index in [1.807, 2.05) is 0 Å². The standard InChI is InChI=1S/C77H132O6/c1-4-7-10-13-16-19-22-24-26-28-30-32-33-34-35-36-37-38-39-40-41-42-43-45-46-48-50-52-55-58-61-64-67-70-76(79)82-73-74(72-81-75(78)69-66-63-60-57-54-21-18-15-12-9-6-3)83-77(80)71-68-65-62-59-56-53-51-49-47-44-31-29-27-25-23-20-17-14-11-8-5-2/h7,10,15-16,18-19,23-26,29-32,34-35,47,49,74H,4-6,8-9,11-14,17,20-22,27-28,33,36-46,48,50-73H2,1-3H3/b10-7-,18-15-,19-16-,25-23-,26-24-,31-29-,32-30-,35-34-,49-47-. The summed E-state index contributed by atoms with van der Waals surface area (Å²) in [5.41, 5.74) is 0. The number of ether oxygens (including phenoxy) is 3. The summed E-state index contributed by atoms with van der Waals surface area (Å²) < 4.78 is 16.9. The highest BCUT2D eigenvalue weighted by molar-refractivity contribution is 5.71. The molecular weight excluding hydrogens is 1020 g/mol. The topological polar surface area (TPSA) is 78.9 Å². The van der Waals surface area contributed by atoms with Gasteiger partial charge in [-0.3, -0.25) is 14.4 Å². The second-order valence-electron chi connectivity index (χ2n) is 23.4. The molecule has 0 aliphatic heterocycles. The lowest BCUT2D eigenvalue weighted by Crippen LogP contribution is -2.30. The predicted molar refractivity (Wildman–Crippen MR) is 362 cm³/mol. The van der Waals surface area contributed by atoms with E-state index in [2.05, 4.69) is 130 Å². The van der Waals surface area contributed by atoms with Crippen LogP contribution >= 0.6 is 0 Å². The van der Waals surface area contributed by atoms with Gasteiger partial charge < -0.3 is 14.2 Å². The van der Waals surface area contributed by atoms with Crippen LogP contribution in [0.25, 0.3) is 0 Å². The van der Waals surface area contributed by atoms with Crippen molar-refractivity contribution in [3.05, 3.63) is 109 Å². The first-order valence-corrected chi connectivity index (χ1v) is 35.4. The second kappa shape index (κ2) is 70.6. The van der Waals surface area contributed by atoms with Crippen LogP contribution in [0.2, 0.25) is 0 Å². The molecule has 0 saturated carbocycles.